The van der Waals surface area contributed by atoms with Crippen molar-refractivity contribution in [3.8, 4) is 11.8 Å². The van der Waals surface area contributed by atoms with Crippen LogP contribution in [0.1, 0.15) is 35.4 Å². The largest absolute Gasteiger partial charge is 0.484 e. The minimum absolute atomic E-state index is 0.195. The van der Waals surface area contributed by atoms with Crippen LogP contribution in [0.4, 0.5) is 5.88 Å². The zero-order valence-corrected chi connectivity index (χ0v) is 17.1. The fourth-order valence-electron chi connectivity index (χ4n) is 3.76. The molecule has 1 aliphatic rings. The number of hydrogen-bond donors (Lipinski definition) is 0. The van der Waals surface area contributed by atoms with Gasteiger partial charge in [0.1, 0.15) is 11.8 Å². The standard InChI is InChI=1S/C23H20N4O2S/c24-14-19-23(29-21(25-19)15-28-17-6-2-1-3-7-17)27-12-10-16(11-13-27)22-26-18-8-4-5-9-20(18)30-22/h1-9,16H,10-13,15H2. The highest BCUT2D eigenvalue weighted by Crippen LogP contribution is 2.36. The van der Waals surface area contributed by atoms with Gasteiger partial charge in [-0.1, -0.05) is 30.3 Å². The van der Waals surface area contributed by atoms with Gasteiger partial charge in [-0.15, -0.1) is 11.3 Å². The van der Waals surface area contributed by atoms with Crippen molar-refractivity contribution in [2.45, 2.75) is 25.4 Å². The molecule has 0 atom stereocenters. The summed E-state index contributed by atoms with van der Waals surface area (Å²) in [5, 5.41) is 10.7. The van der Waals surface area contributed by atoms with Crippen molar-refractivity contribution in [3.63, 3.8) is 0 Å². The van der Waals surface area contributed by atoms with Gasteiger partial charge in [-0.05, 0) is 37.1 Å². The molecule has 0 amide bonds. The van der Waals surface area contributed by atoms with Gasteiger partial charge in [0.05, 0.1) is 15.2 Å². The van der Waals surface area contributed by atoms with E-state index in [1.54, 1.807) is 11.3 Å². The quantitative estimate of drug-likeness (QED) is 0.450. The van der Waals surface area contributed by atoms with Crippen molar-refractivity contribution in [3.05, 3.63) is 71.2 Å². The number of thiazole rings is 1. The lowest BCUT2D eigenvalue weighted by molar-refractivity contribution is 0.263. The molecule has 1 aliphatic heterocycles. The average molecular weight is 417 g/mol. The van der Waals surface area contributed by atoms with Crippen LogP contribution < -0.4 is 9.64 Å². The fraction of sp³-hybridized carbons (Fsp3) is 0.261. The highest BCUT2D eigenvalue weighted by atomic mass is 32.1. The Balaban J connectivity index is 1.26. The number of para-hydroxylation sites is 2. The van der Waals surface area contributed by atoms with Gasteiger partial charge in [-0.3, -0.25) is 0 Å². The lowest BCUT2D eigenvalue weighted by Gasteiger charge is -2.30. The molecule has 150 valence electrons. The molecule has 4 aromatic rings. The van der Waals surface area contributed by atoms with Crippen LogP contribution in [-0.2, 0) is 6.61 Å². The van der Waals surface area contributed by atoms with Crippen molar-refractivity contribution in [1.82, 2.24) is 9.97 Å². The van der Waals surface area contributed by atoms with E-state index in [-0.39, 0.29) is 6.61 Å². The van der Waals surface area contributed by atoms with Gasteiger partial charge in [0.2, 0.25) is 17.5 Å². The molecule has 2 aromatic heterocycles. The van der Waals surface area contributed by atoms with Crippen LogP contribution in [0.2, 0.25) is 0 Å². The number of nitriles is 1. The van der Waals surface area contributed by atoms with Gasteiger partial charge >= 0.3 is 0 Å². The molecule has 0 saturated carbocycles. The number of nitrogens with zero attached hydrogens (tertiary/aromatic N) is 4. The molecule has 6 nitrogen and oxygen atoms in total. The smallest absolute Gasteiger partial charge is 0.236 e. The van der Waals surface area contributed by atoms with E-state index in [2.05, 4.69) is 34.2 Å². The molecule has 30 heavy (non-hydrogen) atoms. The second-order valence-electron chi connectivity index (χ2n) is 7.26. The Morgan fingerprint density at radius 2 is 1.83 bits per heavy atom. The summed E-state index contributed by atoms with van der Waals surface area (Å²) in [6, 6.07) is 19.9. The van der Waals surface area contributed by atoms with Crippen LogP contribution in [0, 0.1) is 11.3 Å². The van der Waals surface area contributed by atoms with E-state index in [9.17, 15) is 5.26 Å². The van der Waals surface area contributed by atoms with Gasteiger partial charge < -0.3 is 14.1 Å². The van der Waals surface area contributed by atoms with Crippen LogP contribution in [0.3, 0.4) is 0 Å². The third kappa shape index (κ3) is 3.74. The highest BCUT2D eigenvalue weighted by molar-refractivity contribution is 7.18. The van der Waals surface area contributed by atoms with Crippen molar-refractivity contribution < 1.29 is 9.15 Å². The van der Waals surface area contributed by atoms with E-state index in [0.29, 0.717) is 23.4 Å². The maximum atomic E-state index is 9.51. The summed E-state index contributed by atoms with van der Waals surface area (Å²) in [6.07, 6.45) is 1.95. The number of hydrogen-bond acceptors (Lipinski definition) is 7. The fourth-order valence-corrected chi connectivity index (χ4v) is 4.90. The minimum Gasteiger partial charge on any atom is -0.484 e. The lowest BCUT2D eigenvalue weighted by Crippen LogP contribution is -2.33. The number of piperidine rings is 1. The molecule has 0 radical (unpaired) electrons. The van der Waals surface area contributed by atoms with Crippen LogP contribution in [-0.4, -0.2) is 23.1 Å². The summed E-state index contributed by atoms with van der Waals surface area (Å²) in [7, 11) is 0. The number of rotatable bonds is 5. The molecular weight excluding hydrogens is 396 g/mol. The normalized spacial score (nSPS) is 14.7. The molecular formula is C23H20N4O2S. The summed E-state index contributed by atoms with van der Waals surface area (Å²) < 4.78 is 12.9. The predicted octanol–water partition coefficient (Wildman–Crippen LogP) is 5.12. The molecule has 0 bridgehead atoms. The third-order valence-electron chi connectivity index (χ3n) is 5.31. The molecule has 0 spiro atoms. The first kappa shape index (κ1) is 18.6. The number of benzene rings is 2. The second-order valence-corrected chi connectivity index (χ2v) is 8.32. The Kier molecular flexibility index (Phi) is 5.08. The molecule has 0 N–H and O–H groups in total. The molecule has 0 unspecified atom stereocenters. The van der Waals surface area contributed by atoms with Gasteiger partial charge in [-0.2, -0.15) is 10.2 Å². The van der Waals surface area contributed by atoms with E-state index >= 15 is 0 Å². The molecule has 0 aliphatic carbocycles. The van der Waals surface area contributed by atoms with E-state index in [1.807, 2.05) is 36.4 Å². The van der Waals surface area contributed by atoms with Crippen molar-refractivity contribution in [2.24, 2.45) is 0 Å². The van der Waals surface area contributed by atoms with Crippen molar-refractivity contribution in [1.29, 1.82) is 5.26 Å². The summed E-state index contributed by atoms with van der Waals surface area (Å²) in [5.41, 5.74) is 1.39. The first-order chi connectivity index (χ1) is 14.8. The Morgan fingerprint density at radius 1 is 1.07 bits per heavy atom. The summed E-state index contributed by atoms with van der Waals surface area (Å²) >= 11 is 1.78. The Bertz CT molecular complexity index is 1150. The van der Waals surface area contributed by atoms with E-state index in [4.69, 9.17) is 14.1 Å². The third-order valence-corrected chi connectivity index (χ3v) is 6.51. The number of fused-ring (bicyclic) bond motifs is 1. The monoisotopic (exact) mass is 416 g/mol. The summed E-state index contributed by atoms with van der Waals surface area (Å²) in [4.78, 5) is 11.3. The Labute approximate surface area is 178 Å². The molecule has 1 fully saturated rings. The number of ether oxygens (including phenoxy) is 1. The topological polar surface area (TPSA) is 75.2 Å². The Hall–Kier alpha value is -3.37. The lowest BCUT2D eigenvalue weighted by atomic mass is 9.97. The zero-order chi connectivity index (χ0) is 20.3. The van der Waals surface area contributed by atoms with Gasteiger partial charge in [-0.25, -0.2) is 4.98 Å². The van der Waals surface area contributed by atoms with Crippen LogP contribution in [0.5, 0.6) is 5.75 Å². The zero-order valence-electron chi connectivity index (χ0n) is 16.3. The van der Waals surface area contributed by atoms with E-state index in [1.165, 1.54) is 9.71 Å². The van der Waals surface area contributed by atoms with E-state index in [0.717, 1.165) is 37.2 Å². The Morgan fingerprint density at radius 3 is 2.60 bits per heavy atom. The predicted molar refractivity (Wildman–Crippen MR) is 116 cm³/mol. The van der Waals surface area contributed by atoms with Crippen molar-refractivity contribution >= 4 is 27.4 Å². The maximum absolute atomic E-state index is 9.51. The number of oxazole rings is 1. The molecule has 3 heterocycles. The minimum atomic E-state index is 0.195. The summed E-state index contributed by atoms with van der Waals surface area (Å²) in [5.74, 6) is 2.14. The van der Waals surface area contributed by atoms with E-state index < -0.39 is 0 Å². The van der Waals surface area contributed by atoms with Gasteiger partial charge in [0.15, 0.2) is 6.61 Å². The first-order valence-corrected chi connectivity index (χ1v) is 10.8. The van der Waals surface area contributed by atoms with Crippen LogP contribution in [0.25, 0.3) is 10.2 Å². The summed E-state index contributed by atoms with van der Waals surface area (Å²) in [6.45, 7) is 1.81. The molecule has 7 heteroatoms. The number of aromatic nitrogens is 2. The maximum Gasteiger partial charge on any atom is 0.236 e. The molecule has 1 saturated heterocycles. The SMILES string of the molecule is N#Cc1nc(COc2ccccc2)oc1N1CCC(c2nc3ccccc3s2)CC1. The van der Waals surface area contributed by atoms with Crippen LogP contribution in [0.15, 0.2) is 59.0 Å². The first-order valence-electron chi connectivity index (χ1n) is 9.98. The number of anilines is 1. The van der Waals surface area contributed by atoms with Crippen molar-refractivity contribution in [2.75, 3.05) is 18.0 Å². The van der Waals surface area contributed by atoms with Crippen LogP contribution >= 0.6 is 11.3 Å². The average Bonchev–Trinajstić information content (AvgIpc) is 3.42. The van der Waals surface area contributed by atoms with Gasteiger partial charge in [0.25, 0.3) is 0 Å². The molecule has 2 aromatic carbocycles. The highest BCUT2D eigenvalue weighted by Gasteiger charge is 2.27. The molecule has 5 rings (SSSR count). The van der Waals surface area contributed by atoms with Gasteiger partial charge in [0, 0.05) is 19.0 Å². The second kappa shape index (κ2) is 8.17.